The van der Waals surface area contributed by atoms with Crippen LogP contribution in [0.2, 0.25) is 0 Å². The summed E-state index contributed by atoms with van der Waals surface area (Å²) >= 11 is 0. The Labute approximate surface area is 176 Å². The highest BCUT2D eigenvalue weighted by Crippen LogP contribution is 2.23. The average molecular weight is 419 g/mol. The number of nitrogens with zero attached hydrogens (tertiary/aromatic N) is 4. The van der Waals surface area contributed by atoms with Crippen LogP contribution in [0.25, 0.3) is 16.7 Å². The van der Waals surface area contributed by atoms with Crippen LogP contribution >= 0.6 is 0 Å². The van der Waals surface area contributed by atoms with E-state index >= 15 is 0 Å². The second-order valence-electron chi connectivity index (χ2n) is 7.38. The number of fused-ring (bicyclic) bond motifs is 1. The first-order valence-corrected chi connectivity index (χ1v) is 9.55. The first kappa shape index (κ1) is 20.1. The first-order chi connectivity index (χ1) is 14.7. The van der Waals surface area contributed by atoms with Crippen molar-refractivity contribution in [3.05, 3.63) is 84.4 Å². The van der Waals surface area contributed by atoms with E-state index < -0.39 is 17.1 Å². The molecule has 2 aromatic heterocycles. The van der Waals surface area contributed by atoms with Crippen LogP contribution in [0.5, 0.6) is 5.88 Å². The molecule has 158 valence electrons. The first-order valence-electron chi connectivity index (χ1n) is 9.55. The van der Waals surface area contributed by atoms with Crippen molar-refractivity contribution < 1.29 is 5.11 Å². The molecule has 31 heavy (non-hydrogen) atoms. The molecule has 9 nitrogen and oxygen atoms in total. The van der Waals surface area contributed by atoms with Gasteiger partial charge in [0.1, 0.15) is 5.56 Å². The van der Waals surface area contributed by atoms with Crippen molar-refractivity contribution in [3.63, 3.8) is 0 Å². The topological polar surface area (TPSA) is 114 Å². The number of hydrogen-bond donors (Lipinski definition) is 2. The molecule has 0 saturated carbocycles. The van der Waals surface area contributed by atoms with E-state index in [2.05, 4.69) is 9.98 Å². The van der Waals surface area contributed by atoms with Gasteiger partial charge in [0.15, 0.2) is 0 Å². The molecule has 0 bridgehead atoms. The Balaban J connectivity index is 1.85. The number of hydrogen-bond acceptors (Lipinski definition) is 5. The van der Waals surface area contributed by atoms with E-state index in [4.69, 9.17) is 0 Å². The maximum absolute atomic E-state index is 12.4. The van der Waals surface area contributed by atoms with Gasteiger partial charge in [-0.25, -0.2) is 14.2 Å². The van der Waals surface area contributed by atoms with Crippen molar-refractivity contribution >= 4 is 22.9 Å². The molecule has 4 aromatic rings. The van der Waals surface area contributed by atoms with Crippen LogP contribution in [0.4, 0.5) is 5.69 Å². The van der Waals surface area contributed by atoms with Crippen LogP contribution in [0, 0.1) is 13.8 Å². The zero-order chi connectivity index (χ0) is 22.4. The smallest absolute Gasteiger partial charge is 0.335 e. The van der Waals surface area contributed by atoms with Crippen molar-refractivity contribution in [1.29, 1.82) is 0 Å². The fourth-order valence-electron chi connectivity index (χ4n) is 3.57. The van der Waals surface area contributed by atoms with Gasteiger partial charge in [0.2, 0.25) is 5.88 Å². The van der Waals surface area contributed by atoms with Gasteiger partial charge in [-0.2, -0.15) is 0 Å². The molecule has 0 fully saturated rings. The molecular weight excluding hydrogens is 398 g/mol. The monoisotopic (exact) mass is 419 g/mol. The van der Waals surface area contributed by atoms with Gasteiger partial charge in [-0.15, -0.1) is 0 Å². The zero-order valence-electron chi connectivity index (χ0n) is 17.5. The lowest BCUT2D eigenvalue weighted by Gasteiger charge is -2.13. The summed E-state index contributed by atoms with van der Waals surface area (Å²) in [6.07, 6.45) is 1.21. The van der Waals surface area contributed by atoms with Gasteiger partial charge in [-0.1, -0.05) is 12.1 Å². The highest BCUT2D eigenvalue weighted by atomic mass is 16.3. The third-order valence-electron chi connectivity index (χ3n) is 5.54. The molecule has 9 heteroatoms. The molecule has 0 saturated heterocycles. The maximum Gasteiger partial charge on any atom is 0.335 e. The van der Waals surface area contributed by atoms with Crippen LogP contribution in [0.3, 0.4) is 0 Å². The molecule has 0 aliphatic rings. The van der Waals surface area contributed by atoms with Gasteiger partial charge >= 0.3 is 11.4 Å². The number of imidazole rings is 1. The lowest BCUT2D eigenvalue weighted by atomic mass is 10.1. The van der Waals surface area contributed by atoms with E-state index in [0.717, 1.165) is 21.2 Å². The molecule has 2 heterocycles. The van der Waals surface area contributed by atoms with Gasteiger partial charge in [0.25, 0.3) is 5.56 Å². The maximum atomic E-state index is 12.4. The minimum atomic E-state index is -0.749. The second kappa shape index (κ2) is 7.28. The SMILES string of the molecule is Cc1cccc(-n2c(O)c(C=Nc3ccc4c(c3)n(C)c(=O)n4C)c(=O)[nH]c2=O)c1C. The lowest BCUT2D eigenvalue weighted by Crippen LogP contribution is -2.31. The molecule has 0 spiro atoms. The van der Waals surface area contributed by atoms with Crippen molar-refractivity contribution in [3.8, 4) is 11.6 Å². The van der Waals surface area contributed by atoms with E-state index in [9.17, 15) is 19.5 Å². The van der Waals surface area contributed by atoms with Crippen LogP contribution in [0.15, 0.2) is 55.8 Å². The standard InChI is InChI=1S/C22H21N5O4/c1-12-6-5-7-16(13(12)2)27-20(29)15(19(28)24-21(27)30)11-23-14-8-9-17-18(10-14)26(4)22(31)25(17)3/h5-11,29H,1-4H3,(H,24,28,30). The highest BCUT2D eigenvalue weighted by Gasteiger charge is 2.16. The van der Waals surface area contributed by atoms with Crippen LogP contribution < -0.4 is 16.9 Å². The van der Waals surface area contributed by atoms with Gasteiger partial charge in [0.05, 0.1) is 22.4 Å². The molecular formula is C22H21N5O4. The summed E-state index contributed by atoms with van der Waals surface area (Å²) in [5.41, 5.74) is 2.31. The number of aliphatic imine (C=N–C) groups is 1. The summed E-state index contributed by atoms with van der Waals surface area (Å²) in [6.45, 7) is 3.72. The summed E-state index contributed by atoms with van der Waals surface area (Å²) in [6, 6.07) is 10.5. The second-order valence-corrected chi connectivity index (χ2v) is 7.38. The summed E-state index contributed by atoms with van der Waals surface area (Å²) in [7, 11) is 3.34. The molecule has 4 rings (SSSR count). The largest absolute Gasteiger partial charge is 0.493 e. The number of aromatic hydroxyl groups is 1. The molecule has 0 radical (unpaired) electrons. The summed E-state index contributed by atoms with van der Waals surface area (Å²) in [4.78, 5) is 43.4. The Kier molecular flexibility index (Phi) is 4.73. The van der Waals surface area contributed by atoms with Gasteiger partial charge in [0, 0.05) is 20.3 Å². The number of H-pyrrole nitrogens is 1. The lowest BCUT2D eigenvalue weighted by molar-refractivity contribution is 0.430. The Morgan fingerprint density at radius 2 is 1.71 bits per heavy atom. The summed E-state index contributed by atoms with van der Waals surface area (Å²) in [5, 5.41) is 10.8. The Bertz CT molecular complexity index is 1550. The minimum Gasteiger partial charge on any atom is -0.493 e. The number of aryl methyl sites for hydroxylation is 3. The predicted octanol–water partition coefficient (Wildman–Crippen LogP) is 1.79. The predicted molar refractivity (Wildman–Crippen MR) is 119 cm³/mol. The number of rotatable bonds is 3. The number of nitrogens with one attached hydrogen (secondary N) is 1. The third kappa shape index (κ3) is 3.20. The van der Waals surface area contributed by atoms with Crippen molar-refractivity contribution in [2.75, 3.05) is 0 Å². The fraction of sp³-hybridized carbons (Fsp3) is 0.182. The molecule has 0 aliphatic carbocycles. The van der Waals surface area contributed by atoms with Gasteiger partial charge < -0.3 is 5.11 Å². The van der Waals surface area contributed by atoms with Crippen molar-refractivity contribution in [2.24, 2.45) is 19.1 Å². The Morgan fingerprint density at radius 1 is 1.00 bits per heavy atom. The van der Waals surface area contributed by atoms with Gasteiger partial charge in [-0.05, 0) is 49.2 Å². The van der Waals surface area contributed by atoms with E-state index in [1.54, 1.807) is 44.4 Å². The highest BCUT2D eigenvalue weighted by molar-refractivity contribution is 5.86. The van der Waals surface area contributed by atoms with E-state index in [-0.39, 0.29) is 11.3 Å². The zero-order valence-corrected chi connectivity index (χ0v) is 17.5. The third-order valence-corrected chi connectivity index (χ3v) is 5.54. The van der Waals surface area contributed by atoms with E-state index in [0.29, 0.717) is 16.9 Å². The van der Waals surface area contributed by atoms with Crippen LogP contribution in [-0.2, 0) is 14.1 Å². The number of aromatic nitrogens is 4. The molecule has 2 N–H and O–H groups in total. The number of benzene rings is 2. The van der Waals surface area contributed by atoms with E-state index in [1.165, 1.54) is 15.3 Å². The van der Waals surface area contributed by atoms with Gasteiger partial charge in [-0.3, -0.25) is 23.9 Å². The molecule has 2 aromatic carbocycles. The molecule has 0 aliphatic heterocycles. The van der Waals surface area contributed by atoms with Crippen LogP contribution in [0.1, 0.15) is 16.7 Å². The molecule has 0 atom stereocenters. The average Bonchev–Trinajstić information content (AvgIpc) is 2.94. The van der Waals surface area contributed by atoms with Crippen molar-refractivity contribution in [2.45, 2.75) is 13.8 Å². The molecule has 0 unspecified atom stereocenters. The van der Waals surface area contributed by atoms with E-state index in [1.807, 2.05) is 19.9 Å². The quantitative estimate of drug-likeness (QED) is 0.493. The normalized spacial score (nSPS) is 11.6. The Hall–Kier alpha value is -4.14. The fourth-order valence-corrected chi connectivity index (χ4v) is 3.57. The Morgan fingerprint density at radius 3 is 2.45 bits per heavy atom. The number of aromatic amines is 1. The van der Waals surface area contributed by atoms with Crippen LogP contribution in [-0.4, -0.2) is 30.0 Å². The summed E-state index contributed by atoms with van der Waals surface area (Å²) in [5.74, 6) is -0.501. The molecule has 0 amide bonds. The summed E-state index contributed by atoms with van der Waals surface area (Å²) < 4.78 is 4.08. The van der Waals surface area contributed by atoms with Crippen molar-refractivity contribution in [1.82, 2.24) is 18.7 Å². The minimum absolute atomic E-state index is 0.150.